The molecule has 1 N–H and O–H groups in total. The molecule has 0 aliphatic heterocycles. The molecule has 0 aliphatic carbocycles. The van der Waals surface area contributed by atoms with Crippen LogP contribution in [0.1, 0.15) is 35.5 Å². The lowest BCUT2D eigenvalue weighted by Gasteiger charge is -2.20. The maximum absolute atomic E-state index is 13.0. The molecule has 9 heteroatoms. The number of anilines is 1. The molecule has 0 saturated heterocycles. The Morgan fingerprint density at radius 2 is 1.75 bits per heavy atom. The second-order valence-corrected chi connectivity index (χ2v) is 9.24. The Bertz CT molecular complexity index is 1210. The summed E-state index contributed by atoms with van der Waals surface area (Å²) in [4.78, 5) is 13.0. The summed E-state index contributed by atoms with van der Waals surface area (Å²) in [6.45, 7) is 8.00. The normalized spacial score (nSPS) is 11.6. The molecule has 170 valence electrons. The summed E-state index contributed by atoms with van der Waals surface area (Å²) >= 11 is 0. The van der Waals surface area contributed by atoms with Gasteiger partial charge in [0.05, 0.1) is 17.7 Å². The number of hydrogen-bond acceptors (Lipinski definition) is 5. The number of nitrogens with one attached hydrogen (secondary N) is 1. The van der Waals surface area contributed by atoms with Crippen LogP contribution in [0.3, 0.4) is 0 Å². The van der Waals surface area contributed by atoms with Crippen LogP contribution in [0.25, 0.3) is 5.69 Å². The number of benzene rings is 2. The molecule has 0 aliphatic rings. The first kappa shape index (κ1) is 23.5. The smallest absolute Gasteiger partial charge is 0.276 e. The Morgan fingerprint density at radius 3 is 2.34 bits per heavy atom. The molecule has 1 aromatic heterocycles. The number of rotatable bonds is 8. The van der Waals surface area contributed by atoms with Crippen LogP contribution in [0.4, 0.5) is 5.69 Å². The van der Waals surface area contributed by atoms with Crippen molar-refractivity contribution in [1.82, 2.24) is 14.1 Å². The zero-order valence-corrected chi connectivity index (χ0v) is 19.7. The summed E-state index contributed by atoms with van der Waals surface area (Å²) in [6, 6.07) is 12.0. The quantitative estimate of drug-likeness (QED) is 0.557. The summed E-state index contributed by atoms with van der Waals surface area (Å²) in [5, 5.41) is 7.17. The molecule has 0 bridgehead atoms. The van der Waals surface area contributed by atoms with Gasteiger partial charge in [-0.2, -0.15) is 9.40 Å². The van der Waals surface area contributed by atoms with Crippen molar-refractivity contribution < 1.29 is 17.9 Å². The maximum atomic E-state index is 13.0. The highest BCUT2D eigenvalue weighted by molar-refractivity contribution is 7.89. The summed E-state index contributed by atoms with van der Waals surface area (Å²) in [5.74, 6) is 0.307. The second-order valence-electron chi connectivity index (χ2n) is 7.30. The fraction of sp³-hybridized carbons (Fsp3) is 0.304. The van der Waals surface area contributed by atoms with Crippen molar-refractivity contribution >= 4 is 21.6 Å². The van der Waals surface area contributed by atoms with Gasteiger partial charge in [-0.05, 0) is 67.4 Å². The summed E-state index contributed by atoms with van der Waals surface area (Å²) in [6.07, 6.45) is 1.69. The topological polar surface area (TPSA) is 93.5 Å². The Hall–Kier alpha value is -3.17. The number of ether oxygens (including phenoxy) is 1. The third kappa shape index (κ3) is 4.68. The molecule has 8 nitrogen and oxygen atoms in total. The fourth-order valence-corrected chi connectivity index (χ4v) is 4.90. The van der Waals surface area contributed by atoms with Crippen molar-refractivity contribution in [3.8, 4) is 11.4 Å². The van der Waals surface area contributed by atoms with Crippen LogP contribution in [-0.2, 0) is 10.0 Å². The van der Waals surface area contributed by atoms with E-state index in [4.69, 9.17) is 4.74 Å². The van der Waals surface area contributed by atoms with Gasteiger partial charge in [0.2, 0.25) is 10.0 Å². The number of nitrogens with zero attached hydrogens (tertiary/aromatic N) is 3. The van der Waals surface area contributed by atoms with Gasteiger partial charge in [0, 0.05) is 25.0 Å². The SMILES string of the molecule is CCN(CC)S(=O)(=O)c1cc(C)c(C)c(NC(=O)c2ccn(-c3ccc(OC)cc3)n2)c1. The van der Waals surface area contributed by atoms with Gasteiger partial charge in [0.1, 0.15) is 5.75 Å². The van der Waals surface area contributed by atoms with E-state index in [2.05, 4.69) is 10.4 Å². The van der Waals surface area contributed by atoms with Crippen LogP contribution in [0.5, 0.6) is 5.75 Å². The molecular weight excluding hydrogens is 428 g/mol. The van der Waals surface area contributed by atoms with E-state index in [-0.39, 0.29) is 10.6 Å². The number of aryl methyl sites for hydroxylation is 1. The van der Waals surface area contributed by atoms with E-state index in [1.54, 1.807) is 44.0 Å². The van der Waals surface area contributed by atoms with Gasteiger partial charge in [-0.25, -0.2) is 13.1 Å². The van der Waals surface area contributed by atoms with Gasteiger partial charge in [-0.15, -0.1) is 0 Å². The van der Waals surface area contributed by atoms with E-state index in [9.17, 15) is 13.2 Å². The van der Waals surface area contributed by atoms with Crippen LogP contribution in [0.15, 0.2) is 53.6 Å². The lowest BCUT2D eigenvalue weighted by molar-refractivity contribution is 0.102. The average Bonchev–Trinajstić information content (AvgIpc) is 3.28. The molecule has 1 heterocycles. The number of aromatic nitrogens is 2. The first-order valence-corrected chi connectivity index (χ1v) is 11.8. The minimum Gasteiger partial charge on any atom is -0.497 e. The van der Waals surface area contributed by atoms with Crippen LogP contribution in [0, 0.1) is 13.8 Å². The van der Waals surface area contributed by atoms with Crippen molar-refractivity contribution in [3.63, 3.8) is 0 Å². The molecule has 1 amide bonds. The lowest BCUT2D eigenvalue weighted by atomic mass is 10.1. The first-order valence-electron chi connectivity index (χ1n) is 10.3. The number of amides is 1. The van der Waals surface area contributed by atoms with Gasteiger partial charge >= 0.3 is 0 Å². The zero-order chi connectivity index (χ0) is 23.5. The third-order valence-electron chi connectivity index (χ3n) is 5.39. The molecule has 0 radical (unpaired) electrons. The molecular formula is C23H28N4O4S. The van der Waals surface area contributed by atoms with E-state index in [0.29, 0.717) is 18.8 Å². The van der Waals surface area contributed by atoms with Crippen LogP contribution >= 0.6 is 0 Å². The van der Waals surface area contributed by atoms with E-state index in [0.717, 1.165) is 22.6 Å². The number of hydrogen-bond donors (Lipinski definition) is 1. The molecule has 0 saturated carbocycles. The average molecular weight is 457 g/mol. The molecule has 2 aromatic carbocycles. The summed E-state index contributed by atoms with van der Waals surface area (Å²) in [5.41, 5.74) is 3.02. The fourth-order valence-electron chi connectivity index (χ4n) is 3.33. The van der Waals surface area contributed by atoms with Gasteiger partial charge in [0.25, 0.3) is 5.91 Å². The second kappa shape index (κ2) is 9.54. The maximum Gasteiger partial charge on any atom is 0.276 e. The van der Waals surface area contributed by atoms with Crippen molar-refractivity contribution in [2.24, 2.45) is 0 Å². The number of carbonyl (C=O) groups excluding carboxylic acids is 1. The molecule has 0 fully saturated rings. The standard InChI is InChI=1S/C23H28N4O4S/c1-6-26(7-2)32(29,30)20-14-16(3)17(4)22(15-20)24-23(28)21-12-13-27(25-21)18-8-10-19(31-5)11-9-18/h8-15H,6-7H2,1-5H3,(H,24,28). The minimum absolute atomic E-state index is 0.156. The van der Waals surface area contributed by atoms with E-state index < -0.39 is 15.9 Å². The van der Waals surface area contributed by atoms with Gasteiger partial charge in [-0.3, -0.25) is 4.79 Å². The van der Waals surface area contributed by atoms with Crippen molar-refractivity contribution in [3.05, 3.63) is 65.5 Å². The van der Waals surface area contributed by atoms with Crippen LogP contribution < -0.4 is 10.1 Å². The van der Waals surface area contributed by atoms with E-state index in [1.807, 2.05) is 38.1 Å². The predicted octanol–water partition coefficient (Wildman–Crippen LogP) is 3.78. The van der Waals surface area contributed by atoms with Crippen LogP contribution in [-0.4, -0.2) is 48.6 Å². The molecule has 3 rings (SSSR count). The minimum atomic E-state index is -3.65. The molecule has 3 aromatic rings. The third-order valence-corrected chi connectivity index (χ3v) is 7.42. The van der Waals surface area contributed by atoms with E-state index in [1.165, 1.54) is 10.4 Å². The largest absolute Gasteiger partial charge is 0.497 e. The zero-order valence-electron chi connectivity index (χ0n) is 18.9. The van der Waals surface area contributed by atoms with Gasteiger partial charge < -0.3 is 10.1 Å². The Morgan fingerprint density at radius 1 is 1.09 bits per heavy atom. The molecule has 32 heavy (non-hydrogen) atoms. The highest BCUT2D eigenvalue weighted by Gasteiger charge is 2.24. The van der Waals surface area contributed by atoms with Crippen molar-refractivity contribution in [2.45, 2.75) is 32.6 Å². The van der Waals surface area contributed by atoms with E-state index >= 15 is 0 Å². The first-order chi connectivity index (χ1) is 15.2. The van der Waals surface area contributed by atoms with Crippen LogP contribution in [0.2, 0.25) is 0 Å². The summed E-state index contributed by atoms with van der Waals surface area (Å²) < 4.78 is 34.1. The monoisotopic (exact) mass is 456 g/mol. The van der Waals surface area contributed by atoms with Crippen molar-refractivity contribution in [1.29, 1.82) is 0 Å². The number of carbonyl (C=O) groups is 1. The van der Waals surface area contributed by atoms with Crippen molar-refractivity contribution in [2.75, 3.05) is 25.5 Å². The number of sulfonamides is 1. The molecule has 0 spiro atoms. The Kier molecular flexibility index (Phi) is 7.00. The number of methoxy groups -OCH3 is 1. The van der Waals surface area contributed by atoms with Gasteiger partial charge in [0.15, 0.2) is 5.69 Å². The molecule has 0 atom stereocenters. The molecule has 0 unspecified atom stereocenters. The van der Waals surface area contributed by atoms with Gasteiger partial charge in [-0.1, -0.05) is 13.8 Å². The lowest BCUT2D eigenvalue weighted by Crippen LogP contribution is -2.30. The highest BCUT2D eigenvalue weighted by atomic mass is 32.2. The Balaban J connectivity index is 1.88. The predicted molar refractivity (Wildman–Crippen MR) is 124 cm³/mol. The summed E-state index contributed by atoms with van der Waals surface area (Å²) in [7, 11) is -2.05. The Labute approximate surface area is 188 Å². The highest BCUT2D eigenvalue weighted by Crippen LogP contribution is 2.26.